The van der Waals surface area contributed by atoms with Crippen molar-refractivity contribution in [1.82, 2.24) is 10.6 Å². The predicted octanol–water partition coefficient (Wildman–Crippen LogP) is 1.36. The van der Waals surface area contributed by atoms with Crippen LogP contribution in [0.1, 0.15) is 32.3 Å². The van der Waals surface area contributed by atoms with Gasteiger partial charge in [0.25, 0.3) is 0 Å². The maximum atomic E-state index is 11.9. The maximum absolute atomic E-state index is 11.9. The summed E-state index contributed by atoms with van der Waals surface area (Å²) in [6, 6.07) is 8.47. The molecule has 0 fully saturated rings. The SMILES string of the molecule is CCCC(N)C(=O)NC(C)C(=O)NCc1ccccc1.Cl. The number of amides is 2. The number of nitrogens with two attached hydrogens (primary N) is 1. The van der Waals surface area contributed by atoms with Crippen LogP contribution in [0.2, 0.25) is 0 Å². The molecule has 0 heterocycles. The second kappa shape index (κ2) is 10.2. The van der Waals surface area contributed by atoms with Crippen LogP contribution in [0.25, 0.3) is 0 Å². The quantitative estimate of drug-likeness (QED) is 0.710. The van der Waals surface area contributed by atoms with E-state index in [9.17, 15) is 9.59 Å². The standard InChI is InChI=1S/C15H23N3O2.ClH/c1-3-7-13(16)15(20)18-11(2)14(19)17-10-12-8-5-4-6-9-12;/h4-6,8-9,11,13H,3,7,10,16H2,1-2H3,(H,17,19)(H,18,20);1H. The van der Waals surface area contributed by atoms with Crippen LogP contribution in [-0.2, 0) is 16.1 Å². The van der Waals surface area contributed by atoms with Gasteiger partial charge in [0.2, 0.25) is 11.8 Å². The third-order valence-corrected chi connectivity index (χ3v) is 3.00. The Kier molecular flexibility index (Phi) is 9.41. The van der Waals surface area contributed by atoms with Gasteiger partial charge in [-0.3, -0.25) is 9.59 Å². The highest BCUT2D eigenvalue weighted by atomic mass is 35.5. The van der Waals surface area contributed by atoms with Crippen LogP contribution in [0, 0.1) is 0 Å². The van der Waals surface area contributed by atoms with Gasteiger partial charge in [-0.15, -0.1) is 12.4 Å². The molecule has 4 N–H and O–H groups in total. The van der Waals surface area contributed by atoms with Crippen molar-refractivity contribution in [3.8, 4) is 0 Å². The fourth-order valence-electron chi connectivity index (χ4n) is 1.77. The summed E-state index contributed by atoms with van der Waals surface area (Å²) in [5.74, 6) is -0.500. The smallest absolute Gasteiger partial charge is 0.242 e. The molecule has 1 rings (SSSR count). The van der Waals surface area contributed by atoms with E-state index in [0.717, 1.165) is 12.0 Å². The van der Waals surface area contributed by atoms with E-state index in [1.165, 1.54) is 0 Å². The summed E-state index contributed by atoms with van der Waals surface area (Å²) < 4.78 is 0. The molecule has 118 valence electrons. The molecule has 1 aromatic carbocycles. The molecular weight excluding hydrogens is 290 g/mol. The van der Waals surface area contributed by atoms with Crippen LogP contribution in [0.3, 0.4) is 0 Å². The van der Waals surface area contributed by atoms with Crippen LogP contribution in [0.5, 0.6) is 0 Å². The van der Waals surface area contributed by atoms with Crippen LogP contribution in [0.4, 0.5) is 0 Å². The van der Waals surface area contributed by atoms with E-state index in [2.05, 4.69) is 10.6 Å². The van der Waals surface area contributed by atoms with Crippen molar-refractivity contribution in [1.29, 1.82) is 0 Å². The second-order valence-corrected chi connectivity index (χ2v) is 4.83. The molecule has 21 heavy (non-hydrogen) atoms. The topological polar surface area (TPSA) is 84.2 Å². The van der Waals surface area contributed by atoms with E-state index in [0.29, 0.717) is 13.0 Å². The van der Waals surface area contributed by atoms with Gasteiger partial charge in [0, 0.05) is 6.54 Å². The number of benzene rings is 1. The van der Waals surface area contributed by atoms with Crippen molar-refractivity contribution < 1.29 is 9.59 Å². The molecule has 0 aliphatic carbocycles. The monoisotopic (exact) mass is 313 g/mol. The van der Waals surface area contributed by atoms with Crippen LogP contribution >= 0.6 is 12.4 Å². The zero-order chi connectivity index (χ0) is 15.0. The fourth-order valence-corrected chi connectivity index (χ4v) is 1.77. The van der Waals surface area contributed by atoms with Crippen molar-refractivity contribution in [2.45, 2.75) is 45.3 Å². The summed E-state index contributed by atoms with van der Waals surface area (Å²) in [7, 11) is 0. The lowest BCUT2D eigenvalue weighted by Gasteiger charge is -2.17. The summed E-state index contributed by atoms with van der Waals surface area (Å²) >= 11 is 0. The lowest BCUT2D eigenvalue weighted by Crippen LogP contribution is -2.50. The summed E-state index contributed by atoms with van der Waals surface area (Å²) in [5.41, 5.74) is 6.71. The summed E-state index contributed by atoms with van der Waals surface area (Å²) in [4.78, 5) is 23.6. The van der Waals surface area contributed by atoms with E-state index in [4.69, 9.17) is 5.73 Å². The molecule has 0 bridgehead atoms. The Morgan fingerprint density at radius 2 is 1.81 bits per heavy atom. The Morgan fingerprint density at radius 3 is 2.38 bits per heavy atom. The minimum Gasteiger partial charge on any atom is -0.350 e. The van der Waals surface area contributed by atoms with Crippen molar-refractivity contribution in [2.24, 2.45) is 5.73 Å². The number of carbonyl (C=O) groups excluding carboxylic acids is 2. The summed E-state index contributed by atoms with van der Waals surface area (Å²) in [5, 5.41) is 5.41. The molecule has 0 radical (unpaired) electrons. The number of rotatable bonds is 7. The van der Waals surface area contributed by atoms with Gasteiger partial charge >= 0.3 is 0 Å². The Labute approximate surface area is 132 Å². The van der Waals surface area contributed by atoms with Gasteiger partial charge in [0.15, 0.2) is 0 Å². The highest BCUT2D eigenvalue weighted by Crippen LogP contribution is 1.98. The first-order valence-corrected chi connectivity index (χ1v) is 6.92. The molecule has 1 aromatic rings. The third-order valence-electron chi connectivity index (χ3n) is 3.00. The normalized spacial score (nSPS) is 12.7. The highest BCUT2D eigenvalue weighted by Gasteiger charge is 2.19. The van der Waals surface area contributed by atoms with Crippen LogP contribution in [-0.4, -0.2) is 23.9 Å². The highest BCUT2D eigenvalue weighted by molar-refractivity contribution is 5.89. The molecule has 2 atom stereocenters. The number of hydrogen-bond donors (Lipinski definition) is 3. The number of halogens is 1. The van der Waals surface area contributed by atoms with Crippen molar-refractivity contribution in [3.05, 3.63) is 35.9 Å². The molecule has 6 heteroatoms. The molecule has 0 aliphatic heterocycles. The predicted molar refractivity (Wildman–Crippen MR) is 86.0 cm³/mol. The Hall–Kier alpha value is -1.59. The molecule has 0 aromatic heterocycles. The van der Waals surface area contributed by atoms with Gasteiger partial charge in [-0.05, 0) is 18.9 Å². The van der Waals surface area contributed by atoms with E-state index in [-0.39, 0.29) is 24.2 Å². The summed E-state index contributed by atoms with van der Waals surface area (Å²) in [6.07, 6.45) is 1.45. The average molecular weight is 314 g/mol. The van der Waals surface area contributed by atoms with E-state index >= 15 is 0 Å². The van der Waals surface area contributed by atoms with Crippen molar-refractivity contribution >= 4 is 24.2 Å². The van der Waals surface area contributed by atoms with Crippen LogP contribution < -0.4 is 16.4 Å². The van der Waals surface area contributed by atoms with Gasteiger partial charge in [-0.25, -0.2) is 0 Å². The van der Waals surface area contributed by atoms with Gasteiger partial charge < -0.3 is 16.4 Å². The first-order chi connectivity index (χ1) is 9.54. The number of nitrogens with one attached hydrogen (secondary N) is 2. The van der Waals surface area contributed by atoms with Crippen molar-refractivity contribution in [2.75, 3.05) is 0 Å². The molecule has 2 amide bonds. The lowest BCUT2D eigenvalue weighted by molar-refractivity contribution is -0.129. The Bertz CT molecular complexity index is 440. The average Bonchev–Trinajstić information content (AvgIpc) is 2.45. The minimum atomic E-state index is -0.589. The fraction of sp³-hybridized carbons (Fsp3) is 0.467. The molecular formula is C15H24ClN3O2. The lowest BCUT2D eigenvalue weighted by atomic mass is 10.1. The molecule has 0 spiro atoms. The van der Waals surface area contributed by atoms with Gasteiger partial charge in [0.05, 0.1) is 6.04 Å². The Balaban J connectivity index is 0.00000400. The third kappa shape index (κ3) is 7.11. The summed E-state index contributed by atoms with van der Waals surface area (Å²) in [6.45, 7) is 4.06. The van der Waals surface area contributed by atoms with E-state index < -0.39 is 12.1 Å². The second-order valence-electron chi connectivity index (χ2n) is 4.83. The molecule has 5 nitrogen and oxygen atoms in total. The molecule has 0 saturated heterocycles. The maximum Gasteiger partial charge on any atom is 0.242 e. The molecule has 2 unspecified atom stereocenters. The minimum absolute atomic E-state index is 0. The largest absolute Gasteiger partial charge is 0.350 e. The Morgan fingerprint density at radius 1 is 1.19 bits per heavy atom. The molecule has 0 saturated carbocycles. The molecule has 0 aliphatic rings. The van der Waals surface area contributed by atoms with Gasteiger partial charge in [-0.2, -0.15) is 0 Å². The van der Waals surface area contributed by atoms with Gasteiger partial charge in [0.1, 0.15) is 6.04 Å². The zero-order valence-electron chi connectivity index (χ0n) is 12.5. The zero-order valence-corrected chi connectivity index (χ0v) is 13.3. The van der Waals surface area contributed by atoms with E-state index in [1.54, 1.807) is 6.92 Å². The first-order valence-electron chi connectivity index (χ1n) is 6.92. The van der Waals surface area contributed by atoms with E-state index in [1.807, 2.05) is 37.3 Å². The number of carbonyl (C=O) groups is 2. The number of hydrogen-bond acceptors (Lipinski definition) is 3. The van der Waals surface area contributed by atoms with Crippen molar-refractivity contribution in [3.63, 3.8) is 0 Å². The first kappa shape index (κ1) is 19.4. The van der Waals surface area contributed by atoms with Crippen LogP contribution in [0.15, 0.2) is 30.3 Å². The van der Waals surface area contributed by atoms with Gasteiger partial charge in [-0.1, -0.05) is 43.7 Å².